The zero-order chi connectivity index (χ0) is 16.9. The Hall–Kier alpha value is -1.95. The molecule has 0 aliphatic heterocycles. The second-order valence-corrected chi connectivity index (χ2v) is 8.20. The largest absolute Gasteiger partial charge is 0.456 e. The number of esters is 1. The summed E-state index contributed by atoms with van der Waals surface area (Å²) in [5, 5.41) is 6.67. The molecular weight excluding hydrogens is 322 g/mol. The second kappa shape index (κ2) is 5.55. The van der Waals surface area contributed by atoms with Gasteiger partial charge in [-0.25, -0.2) is 9.78 Å². The summed E-state index contributed by atoms with van der Waals surface area (Å²) < 4.78 is 7.25. The Morgan fingerprint density at radius 3 is 3.00 bits per heavy atom. The maximum atomic E-state index is 12.3. The van der Waals surface area contributed by atoms with Gasteiger partial charge in [-0.05, 0) is 35.7 Å². The summed E-state index contributed by atoms with van der Waals surface area (Å²) in [5.74, 6) is 1.01. The molecule has 0 unspecified atom stereocenters. The zero-order valence-electron chi connectivity index (χ0n) is 14.2. The third-order valence-corrected chi connectivity index (χ3v) is 6.51. The molecule has 2 aromatic heterocycles. The first-order valence-corrected chi connectivity index (χ1v) is 9.13. The molecule has 126 valence electrons. The van der Waals surface area contributed by atoms with Crippen LogP contribution in [0.15, 0.2) is 29.4 Å². The Morgan fingerprint density at radius 1 is 1.50 bits per heavy atom. The van der Waals surface area contributed by atoms with Gasteiger partial charge in [0.25, 0.3) is 0 Å². The van der Waals surface area contributed by atoms with Crippen molar-refractivity contribution in [2.24, 2.45) is 24.3 Å². The molecule has 24 heavy (non-hydrogen) atoms. The van der Waals surface area contributed by atoms with Gasteiger partial charge >= 0.3 is 5.97 Å². The van der Waals surface area contributed by atoms with Gasteiger partial charge in [-0.2, -0.15) is 5.10 Å². The molecule has 2 heterocycles. The highest BCUT2D eigenvalue weighted by Gasteiger charge is 2.51. The molecule has 1 saturated carbocycles. The first kappa shape index (κ1) is 15.6. The number of carbonyl (C=O) groups excluding carboxylic acids is 1. The topological polar surface area (TPSA) is 57.0 Å². The second-order valence-electron chi connectivity index (χ2n) is 7.34. The molecule has 0 spiro atoms. The van der Waals surface area contributed by atoms with Gasteiger partial charge in [0.05, 0.1) is 6.20 Å². The lowest BCUT2D eigenvalue weighted by Gasteiger charge is -2.56. The molecule has 1 fully saturated rings. The summed E-state index contributed by atoms with van der Waals surface area (Å²) in [6.07, 6.45) is 8.24. The van der Waals surface area contributed by atoms with Crippen LogP contribution >= 0.6 is 11.3 Å². The number of fused-ring (bicyclic) bond motifs is 1. The van der Waals surface area contributed by atoms with Crippen LogP contribution < -0.4 is 0 Å². The third kappa shape index (κ3) is 2.49. The summed E-state index contributed by atoms with van der Waals surface area (Å²) in [7, 11) is 1.86. The van der Waals surface area contributed by atoms with E-state index in [-0.39, 0.29) is 5.97 Å². The lowest BCUT2D eigenvalue weighted by molar-refractivity contribution is -0.0155. The number of aryl methyl sites for hydroxylation is 1. The van der Waals surface area contributed by atoms with E-state index >= 15 is 0 Å². The van der Waals surface area contributed by atoms with Crippen LogP contribution in [0.25, 0.3) is 10.6 Å². The van der Waals surface area contributed by atoms with Gasteiger partial charge in [-0.1, -0.05) is 19.9 Å². The fourth-order valence-electron chi connectivity index (χ4n) is 3.90. The molecule has 3 aliphatic rings. The number of nitrogens with zero attached hydrogens (tertiary/aromatic N) is 3. The first-order chi connectivity index (χ1) is 11.4. The van der Waals surface area contributed by atoms with E-state index in [9.17, 15) is 4.79 Å². The lowest BCUT2D eigenvalue weighted by Crippen LogP contribution is -2.48. The minimum absolute atomic E-state index is 0.346. The molecular formula is C18H21N3O2S. The molecule has 0 radical (unpaired) electrons. The van der Waals surface area contributed by atoms with Gasteiger partial charge in [0.2, 0.25) is 0 Å². The van der Waals surface area contributed by atoms with Crippen molar-refractivity contribution in [3.8, 4) is 10.6 Å². The quantitative estimate of drug-likeness (QED) is 0.627. The lowest BCUT2D eigenvalue weighted by atomic mass is 9.49. The summed E-state index contributed by atoms with van der Waals surface area (Å²) >= 11 is 1.43. The van der Waals surface area contributed by atoms with Gasteiger partial charge in [0.15, 0.2) is 5.69 Å². The van der Waals surface area contributed by atoms with Crippen molar-refractivity contribution < 1.29 is 9.53 Å². The van der Waals surface area contributed by atoms with E-state index in [0.717, 1.165) is 22.9 Å². The number of hydrogen-bond acceptors (Lipinski definition) is 5. The third-order valence-electron chi connectivity index (χ3n) is 5.62. The Labute approximate surface area is 145 Å². The van der Waals surface area contributed by atoms with Crippen molar-refractivity contribution in [3.63, 3.8) is 0 Å². The maximum Gasteiger partial charge on any atom is 0.358 e. The smallest absolute Gasteiger partial charge is 0.358 e. The normalized spacial score (nSPS) is 24.2. The average Bonchev–Trinajstić information content (AvgIpc) is 3.21. The number of ether oxygens (including phenoxy) is 1. The molecule has 6 heteroatoms. The molecule has 2 atom stereocenters. The van der Waals surface area contributed by atoms with E-state index in [4.69, 9.17) is 4.74 Å². The van der Waals surface area contributed by atoms with Crippen LogP contribution in [0.5, 0.6) is 0 Å². The molecule has 0 N–H and O–H groups in total. The van der Waals surface area contributed by atoms with Crippen molar-refractivity contribution >= 4 is 17.3 Å². The van der Waals surface area contributed by atoms with Crippen molar-refractivity contribution in [1.29, 1.82) is 0 Å². The van der Waals surface area contributed by atoms with Gasteiger partial charge < -0.3 is 4.74 Å². The summed E-state index contributed by atoms with van der Waals surface area (Å²) in [5.41, 5.74) is 2.92. The first-order valence-electron chi connectivity index (χ1n) is 8.25. The van der Waals surface area contributed by atoms with Gasteiger partial charge in [-0.3, -0.25) is 4.68 Å². The molecule has 0 aromatic carbocycles. The van der Waals surface area contributed by atoms with Crippen LogP contribution in [-0.4, -0.2) is 27.3 Å². The number of allylic oxidation sites excluding steroid dienone is 1. The number of hydrogen-bond donors (Lipinski definition) is 0. The number of aromatic nitrogens is 3. The molecule has 0 saturated heterocycles. The zero-order valence-corrected chi connectivity index (χ0v) is 15.0. The van der Waals surface area contributed by atoms with E-state index in [1.807, 2.05) is 13.2 Å². The maximum absolute atomic E-state index is 12.3. The van der Waals surface area contributed by atoms with Crippen LogP contribution in [0.3, 0.4) is 0 Å². The summed E-state index contributed by atoms with van der Waals surface area (Å²) in [6, 6.07) is 0. The minimum atomic E-state index is -0.346. The summed E-state index contributed by atoms with van der Waals surface area (Å²) in [4.78, 5) is 16.7. The Morgan fingerprint density at radius 2 is 2.33 bits per heavy atom. The van der Waals surface area contributed by atoms with Crippen LogP contribution in [-0.2, 0) is 11.8 Å². The average molecular weight is 343 g/mol. The van der Waals surface area contributed by atoms with Gasteiger partial charge in [0.1, 0.15) is 11.6 Å². The van der Waals surface area contributed by atoms with E-state index in [0.29, 0.717) is 23.6 Å². The van der Waals surface area contributed by atoms with Crippen molar-refractivity contribution in [1.82, 2.24) is 14.8 Å². The Kier molecular flexibility index (Phi) is 3.60. The summed E-state index contributed by atoms with van der Waals surface area (Å²) in [6.45, 7) is 5.03. The van der Waals surface area contributed by atoms with Crippen molar-refractivity contribution in [2.45, 2.75) is 26.7 Å². The highest BCUT2D eigenvalue weighted by atomic mass is 32.1. The Balaban J connectivity index is 1.40. The fraction of sp³-hybridized carbons (Fsp3) is 0.500. The number of carbonyl (C=O) groups is 1. The molecule has 0 amide bonds. The molecule has 2 aromatic rings. The van der Waals surface area contributed by atoms with E-state index in [1.165, 1.54) is 23.3 Å². The highest BCUT2D eigenvalue weighted by molar-refractivity contribution is 7.13. The van der Waals surface area contributed by atoms with Crippen LogP contribution in [0.4, 0.5) is 0 Å². The Bertz CT molecular complexity index is 818. The van der Waals surface area contributed by atoms with E-state index < -0.39 is 0 Å². The fourth-order valence-corrected chi connectivity index (χ4v) is 4.66. The molecule has 3 aliphatic carbocycles. The van der Waals surface area contributed by atoms with Gasteiger partial charge in [0, 0.05) is 24.2 Å². The van der Waals surface area contributed by atoms with Crippen molar-refractivity contribution in [3.05, 3.63) is 35.1 Å². The SMILES string of the molecule is Cn1cc(-c2nc(C(=O)OCC3=CC[C@H]4C[C@@H]3C4(C)C)cs2)cn1. The van der Waals surface area contributed by atoms with Gasteiger partial charge in [-0.15, -0.1) is 11.3 Å². The monoisotopic (exact) mass is 343 g/mol. The van der Waals surface area contributed by atoms with Crippen LogP contribution in [0, 0.1) is 17.3 Å². The predicted octanol–water partition coefficient (Wildman–Crippen LogP) is 3.69. The highest BCUT2D eigenvalue weighted by Crippen LogP contribution is 2.59. The number of rotatable bonds is 4. The van der Waals surface area contributed by atoms with E-state index in [1.54, 1.807) is 16.3 Å². The molecule has 5 nitrogen and oxygen atoms in total. The predicted molar refractivity (Wildman–Crippen MR) is 92.7 cm³/mol. The van der Waals surface area contributed by atoms with Crippen molar-refractivity contribution in [2.75, 3.05) is 6.61 Å². The number of thiazole rings is 1. The molecule has 5 rings (SSSR count). The van der Waals surface area contributed by atoms with Crippen LogP contribution in [0.2, 0.25) is 0 Å². The molecule has 2 bridgehead atoms. The van der Waals surface area contributed by atoms with Crippen LogP contribution in [0.1, 0.15) is 37.2 Å². The minimum Gasteiger partial charge on any atom is -0.456 e. The van der Waals surface area contributed by atoms with E-state index in [2.05, 4.69) is 30.0 Å². The standard InChI is InChI=1S/C18H21N3O2S/c1-18(2)13-5-4-11(14(18)6-13)9-23-17(22)15-10-24-16(20-15)12-7-19-21(3)8-12/h4,7-8,10,13-14H,5-6,9H2,1-3H3/t13-,14-/m0/s1.